The third-order valence-electron chi connectivity index (χ3n) is 4.75. The number of rotatable bonds is 17. The van der Waals surface area contributed by atoms with Crippen molar-refractivity contribution in [3.63, 3.8) is 0 Å². The van der Waals surface area contributed by atoms with E-state index < -0.39 is 53.8 Å². The lowest BCUT2D eigenvalue weighted by Gasteiger charge is -2.24. The summed E-state index contributed by atoms with van der Waals surface area (Å²) in [5, 5.41) is 16.7. The van der Waals surface area contributed by atoms with Gasteiger partial charge in [-0.3, -0.25) is 24.2 Å². The number of amides is 4. The smallest absolute Gasteiger partial charge is 0.326 e. The fourth-order valence-electron chi connectivity index (χ4n) is 2.91. The van der Waals surface area contributed by atoms with E-state index in [-0.39, 0.29) is 49.9 Å². The van der Waals surface area contributed by atoms with E-state index in [1.165, 1.54) is 0 Å². The van der Waals surface area contributed by atoms with E-state index in [0.29, 0.717) is 6.42 Å². The summed E-state index contributed by atoms with van der Waals surface area (Å²) in [6, 6.07) is -4.51. The second-order valence-electron chi connectivity index (χ2n) is 8.39. The van der Waals surface area contributed by atoms with Crippen molar-refractivity contribution in [1.82, 2.24) is 16.0 Å². The van der Waals surface area contributed by atoms with E-state index in [1.807, 2.05) is 13.8 Å². The first-order valence-corrected chi connectivity index (χ1v) is 11.8. The molecule has 15 heteroatoms. The summed E-state index contributed by atoms with van der Waals surface area (Å²) in [5.74, 6) is -4.22. The van der Waals surface area contributed by atoms with Crippen molar-refractivity contribution < 1.29 is 29.1 Å². The Kier molecular flexibility index (Phi) is 15.1. The monoisotopic (exact) mass is 518 g/mol. The average molecular weight is 519 g/mol. The Balaban J connectivity index is 5.36. The number of nitrogens with two attached hydrogens (primary N) is 4. The molecule has 0 saturated carbocycles. The molecule has 0 heterocycles. The van der Waals surface area contributed by atoms with E-state index in [1.54, 1.807) is 0 Å². The van der Waals surface area contributed by atoms with Crippen LogP contribution in [0.5, 0.6) is 0 Å². The van der Waals surface area contributed by atoms with Crippen LogP contribution in [-0.4, -0.2) is 77.1 Å². The van der Waals surface area contributed by atoms with E-state index in [4.69, 9.17) is 22.9 Å². The van der Waals surface area contributed by atoms with Gasteiger partial charge in [0.1, 0.15) is 18.1 Å². The van der Waals surface area contributed by atoms with Crippen LogP contribution in [-0.2, 0) is 24.0 Å². The van der Waals surface area contributed by atoms with Crippen molar-refractivity contribution in [2.24, 2.45) is 33.8 Å². The highest BCUT2D eigenvalue weighted by Crippen LogP contribution is 2.07. The summed E-state index contributed by atoms with van der Waals surface area (Å²) in [6.07, 6.45) is 0.473. The standard InChI is InChI=1S/C20H38N8O6S/c1-10(2)8-13(19(33)34)27-18(32)14(9-35)28-17(31)12(4-3-7-25-20(23)24)26-16(30)11(21)5-6-15(22)29/h10-14,35H,3-9,21H2,1-2H3,(H2,22,29)(H,26,30)(H,27,32)(H,28,31)(H,33,34)(H4,23,24,25). The molecule has 200 valence electrons. The summed E-state index contributed by atoms with van der Waals surface area (Å²) in [4.78, 5) is 64.2. The number of hydrogen-bond donors (Lipinski definition) is 9. The van der Waals surface area contributed by atoms with Gasteiger partial charge in [0.15, 0.2) is 5.96 Å². The van der Waals surface area contributed by atoms with Gasteiger partial charge in [-0.1, -0.05) is 13.8 Å². The van der Waals surface area contributed by atoms with E-state index in [9.17, 15) is 29.1 Å². The second-order valence-corrected chi connectivity index (χ2v) is 8.76. The number of aliphatic imine (C=N–C) groups is 1. The van der Waals surface area contributed by atoms with Gasteiger partial charge in [-0.15, -0.1) is 0 Å². The zero-order chi connectivity index (χ0) is 27.1. The molecule has 4 atom stereocenters. The number of nitrogens with one attached hydrogen (secondary N) is 3. The number of carboxylic acids is 1. The maximum Gasteiger partial charge on any atom is 0.326 e. The van der Waals surface area contributed by atoms with Crippen LogP contribution in [0.4, 0.5) is 0 Å². The average Bonchev–Trinajstić information content (AvgIpc) is 2.76. The SMILES string of the molecule is CC(C)CC(NC(=O)C(CS)NC(=O)C(CCCN=C(N)N)NC(=O)C(N)CCC(N)=O)C(=O)O. The van der Waals surface area contributed by atoms with E-state index in [2.05, 4.69) is 33.6 Å². The number of thiol groups is 1. The fourth-order valence-corrected chi connectivity index (χ4v) is 3.17. The fraction of sp³-hybridized carbons (Fsp3) is 0.700. The van der Waals surface area contributed by atoms with Gasteiger partial charge in [0.2, 0.25) is 23.6 Å². The van der Waals surface area contributed by atoms with Gasteiger partial charge in [0.25, 0.3) is 0 Å². The zero-order valence-electron chi connectivity index (χ0n) is 20.0. The van der Waals surface area contributed by atoms with Crippen molar-refractivity contribution in [1.29, 1.82) is 0 Å². The van der Waals surface area contributed by atoms with Crippen molar-refractivity contribution in [3.05, 3.63) is 0 Å². The molecule has 35 heavy (non-hydrogen) atoms. The Morgan fingerprint density at radius 2 is 1.43 bits per heavy atom. The largest absolute Gasteiger partial charge is 0.480 e. The highest BCUT2D eigenvalue weighted by molar-refractivity contribution is 7.80. The third-order valence-corrected chi connectivity index (χ3v) is 5.12. The molecule has 0 aliphatic heterocycles. The highest BCUT2D eigenvalue weighted by atomic mass is 32.1. The third kappa shape index (κ3) is 14.0. The lowest BCUT2D eigenvalue weighted by Crippen LogP contribution is -2.57. The van der Waals surface area contributed by atoms with Crippen molar-refractivity contribution >= 4 is 48.2 Å². The van der Waals surface area contributed by atoms with Gasteiger partial charge in [-0.2, -0.15) is 12.6 Å². The van der Waals surface area contributed by atoms with Crippen LogP contribution in [0.1, 0.15) is 46.0 Å². The van der Waals surface area contributed by atoms with Crippen LogP contribution in [0.25, 0.3) is 0 Å². The number of aliphatic carboxylic acids is 1. The Labute approximate surface area is 209 Å². The molecular weight excluding hydrogens is 480 g/mol. The number of carbonyl (C=O) groups excluding carboxylic acids is 4. The molecule has 12 N–H and O–H groups in total. The quantitative estimate of drug-likeness (QED) is 0.0414. The lowest BCUT2D eigenvalue weighted by atomic mass is 10.0. The molecular formula is C20H38N8O6S. The number of carboxylic acid groups (broad SMARTS) is 1. The van der Waals surface area contributed by atoms with Crippen LogP contribution >= 0.6 is 12.6 Å². The first-order valence-electron chi connectivity index (χ1n) is 11.1. The highest BCUT2D eigenvalue weighted by Gasteiger charge is 2.30. The van der Waals surface area contributed by atoms with Gasteiger partial charge in [0.05, 0.1) is 6.04 Å². The number of primary amides is 1. The second kappa shape index (κ2) is 16.5. The number of hydrogen-bond acceptors (Lipinski definition) is 8. The minimum atomic E-state index is -1.20. The maximum atomic E-state index is 12.9. The molecule has 0 rings (SSSR count). The molecule has 0 aliphatic rings. The summed E-state index contributed by atoms with van der Waals surface area (Å²) in [6.45, 7) is 3.80. The van der Waals surface area contributed by atoms with Gasteiger partial charge >= 0.3 is 5.97 Å². The van der Waals surface area contributed by atoms with Crippen LogP contribution in [0.2, 0.25) is 0 Å². The Morgan fingerprint density at radius 1 is 0.886 bits per heavy atom. The van der Waals surface area contributed by atoms with Crippen molar-refractivity contribution in [2.45, 2.75) is 70.1 Å². The number of carbonyl (C=O) groups is 5. The van der Waals surface area contributed by atoms with Crippen LogP contribution in [0.3, 0.4) is 0 Å². The lowest BCUT2D eigenvalue weighted by molar-refractivity contribution is -0.142. The molecule has 0 aromatic carbocycles. The molecule has 0 bridgehead atoms. The van der Waals surface area contributed by atoms with Crippen LogP contribution < -0.4 is 38.9 Å². The van der Waals surface area contributed by atoms with Crippen LogP contribution in [0, 0.1) is 5.92 Å². The summed E-state index contributed by atoms with van der Waals surface area (Å²) >= 11 is 4.08. The summed E-state index contributed by atoms with van der Waals surface area (Å²) in [7, 11) is 0. The molecule has 0 aromatic heterocycles. The molecule has 0 radical (unpaired) electrons. The predicted octanol–water partition coefficient (Wildman–Crippen LogP) is -2.85. The Morgan fingerprint density at radius 3 is 1.91 bits per heavy atom. The number of guanidine groups is 1. The molecule has 14 nitrogen and oxygen atoms in total. The van der Waals surface area contributed by atoms with E-state index in [0.717, 1.165) is 0 Å². The van der Waals surface area contributed by atoms with Gasteiger partial charge in [0, 0.05) is 18.7 Å². The molecule has 4 amide bonds. The zero-order valence-corrected chi connectivity index (χ0v) is 20.9. The topological polar surface area (TPSA) is 258 Å². The molecule has 0 aliphatic carbocycles. The first-order chi connectivity index (χ1) is 16.3. The van der Waals surface area contributed by atoms with Gasteiger partial charge in [-0.05, 0) is 31.6 Å². The molecule has 0 saturated heterocycles. The molecule has 0 aromatic rings. The van der Waals surface area contributed by atoms with Gasteiger partial charge < -0.3 is 44.0 Å². The summed E-state index contributed by atoms with van der Waals surface area (Å²) < 4.78 is 0. The van der Waals surface area contributed by atoms with E-state index >= 15 is 0 Å². The minimum absolute atomic E-state index is 0.00373. The Bertz CT molecular complexity index is 775. The minimum Gasteiger partial charge on any atom is -0.480 e. The van der Waals surface area contributed by atoms with Gasteiger partial charge in [-0.25, -0.2) is 4.79 Å². The maximum absolute atomic E-state index is 12.9. The molecule has 4 unspecified atom stereocenters. The normalized spacial score (nSPS) is 14.2. The van der Waals surface area contributed by atoms with Crippen molar-refractivity contribution in [2.75, 3.05) is 12.3 Å². The van der Waals surface area contributed by atoms with Crippen molar-refractivity contribution in [3.8, 4) is 0 Å². The predicted molar refractivity (Wildman–Crippen MR) is 133 cm³/mol. The molecule has 0 spiro atoms. The number of nitrogens with zero attached hydrogens (tertiary/aromatic N) is 1. The Hall–Kier alpha value is -3.07. The van der Waals surface area contributed by atoms with Crippen LogP contribution in [0.15, 0.2) is 4.99 Å². The molecule has 0 fully saturated rings. The summed E-state index contributed by atoms with van der Waals surface area (Å²) in [5.41, 5.74) is 21.4. The first kappa shape index (κ1) is 31.9.